The Bertz CT molecular complexity index is 516. The monoisotopic (exact) mass is 230 g/mol. The Labute approximate surface area is 99.2 Å². The van der Waals surface area contributed by atoms with Crippen molar-refractivity contribution in [1.29, 1.82) is 0 Å². The number of benzene rings is 1. The fraction of sp³-hybridized carbons (Fsp3) is 0.167. The first kappa shape index (κ1) is 11.2. The van der Waals surface area contributed by atoms with Crippen molar-refractivity contribution in [2.45, 2.75) is 13.5 Å². The van der Waals surface area contributed by atoms with Crippen LogP contribution in [0.2, 0.25) is 0 Å². The van der Waals surface area contributed by atoms with Gasteiger partial charge < -0.3 is 11.1 Å². The lowest BCUT2D eigenvalue weighted by molar-refractivity contribution is -0.116. The van der Waals surface area contributed by atoms with Gasteiger partial charge in [-0.2, -0.15) is 5.10 Å². The fourth-order valence-corrected chi connectivity index (χ4v) is 1.47. The first-order chi connectivity index (χ1) is 8.13. The summed E-state index contributed by atoms with van der Waals surface area (Å²) in [6.07, 6.45) is 1.78. The maximum Gasteiger partial charge on any atom is 0.246 e. The number of hydrogen-bond donors (Lipinski definition) is 2. The summed E-state index contributed by atoms with van der Waals surface area (Å²) in [4.78, 5) is 11.7. The van der Waals surface area contributed by atoms with Crippen LogP contribution in [0.25, 0.3) is 0 Å². The van der Waals surface area contributed by atoms with Crippen LogP contribution in [0.4, 0.5) is 11.4 Å². The van der Waals surface area contributed by atoms with E-state index >= 15 is 0 Å². The highest BCUT2D eigenvalue weighted by atomic mass is 16.2. The van der Waals surface area contributed by atoms with E-state index in [1.54, 1.807) is 35.1 Å². The van der Waals surface area contributed by atoms with Crippen molar-refractivity contribution < 1.29 is 4.79 Å². The molecule has 17 heavy (non-hydrogen) atoms. The van der Waals surface area contributed by atoms with Crippen molar-refractivity contribution in [3.05, 3.63) is 42.2 Å². The second-order valence-corrected chi connectivity index (χ2v) is 3.82. The van der Waals surface area contributed by atoms with Crippen molar-refractivity contribution in [3.8, 4) is 0 Å². The molecule has 0 radical (unpaired) electrons. The third-order valence-electron chi connectivity index (χ3n) is 2.27. The maximum absolute atomic E-state index is 11.7. The standard InChI is InChI=1S/C12H14N4O/c1-9-6-7-16(15-9)8-12(17)14-11-4-2-10(13)3-5-11/h2-7H,8,13H2,1H3,(H,14,17). The number of nitrogens with two attached hydrogens (primary N) is 1. The van der Waals surface area contributed by atoms with E-state index in [4.69, 9.17) is 5.73 Å². The Morgan fingerprint density at radius 3 is 2.65 bits per heavy atom. The van der Waals surface area contributed by atoms with Gasteiger partial charge in [0.25, 0.3) is 0 Å². The van der Waals surface area contributed by atoms with Gasteiger partial charge in [-0.25, -0.2) is 0 Å². The lowest BCUT2D eigenvalue weighted by Gasteiger charge is -2.05. The van der Waals surface area contributed by atoms with Crippen molar-refractivity contribution in [1.82, 2.24) is 9.78 Å². The molecular formula is C12H14N4O. The second kappa shape index (κ2) is 4.69. The molecular weight excluding hydrogens is 216 g/mol. The molecule has 0 aliphatic heterocycles. The Morgan fingerprint density at radius 2 is 2.06 bits per heavy atom. The van der Waals surface area contributed by atoms with Crippen molar-refractivity contribution in [2.24, 2.45) is 0 Å². The van der Waals surface area contributed by atoms with Crippen LogP contribution in [0.5, 0.6) is 0 Å². The summed E-state index contributed by atoms with van der Waals surface area (Å²) in [7, 11) is 0. The average molecular weight is 230 g/mol. The summed E-state index contributed by atoms with van der Waals surface area (Å²) in [5.41, 5.74) is 7.85. The van der Waals surface area contributed by atoms with Crippen LogP contribution < -0.4 is 11.1 Å². The van der Waals surface area contributed by atoms with E-state index in [-0.39, 0.29) is 12.5 Å². The van der Waals surface area contributed by atoms with E-state index in [9.17, 15) is 4.79 Å². The zero-order valence-electron chi connectivity index (χ0n) is 9.55. The van der Waals surface area contributed by atoms with Crippen LogP contribution in [0.3, 0.4) is 0 Å². The minimum Gasteiger partial charge on any atom is -0.399 e. The molecule has 0 bridgehead atoms. The van der Waals surface area contributed by atoms with Crippen LogP contribution >= 0.6 is 0 Å². The van der Waals surface area contributed by atoms with E-state index in [0.29, 0.717) is 5.69 Å². The van der Waals surface area contributed by atoms with Crippen molar-refractivity contribution in [2.75, 3.05) is 11.1 Å². The Balaban J connectivity index is 1.95. The van der Waals surface area contributed by atoms with Gasteiger partial charge in [0.05, 0.1) is 5.69 Å². The Morgan fingerprint density at radius 1 is 1.35 bits per heavy atom. The van der Waals surface area contributed by atoms with Crippen LogP contribution in [-0.2, 0) is 11.3 Å². The molecule has 5 nitrogen and oxygen atoms in total. The van der Waals surface area contributed by atoms with Crippen LogP contribution in [-0.4, -0.2) is 15.7 Å². The molecule has 2 rings (SSSR count). The number of rotatable bonds is 3. The number of nitrogens with zero attached hydrogens (tertiary/aromatic N) is 2. The molecule has 1 aromatic carbocycles. The zero-order valence-corrected chi connectivity index (χ0v) is 9.55. The second-order valence-electron chi connectivity index (χ2n) is 3.82. The summed E-state index contributed by atoms with van der Waals surface area (Å²) in [5.74, 6) is -0.113. The van der Waals surface area contributed by atoms with Crippen LogP contribution in [0, 0.1) is 6.92 Å². The molecule has 3 N–H and O–H groups in total. The predicted octanol–water partition coefficient (Wildman–Crippen LogP) is 1.41. The first-order valence-corrected chi connectivity index (χ1v) is 5.29. The minimum absolute atomic E-state index is 0.113. The van der Waals surface area contributed by atoms with Crippen LogP contribution in [0.15, 0.2) is 36.5 Å². The summed E-state index contributed by atoms with van der Waals surface area (Å²) in [6, 6.07) is 8.88. The number of hydrogen-bond acceptors (Lipinski definition) is 3. The lowest BCUT2D eigenvalue weighted by atomic mass is 10.3. The van der Waals surface area contributed by atoms with Gasteiger partial charge in [0.2, 0.25) is 5.91 Å². The molecule has 5 heteroatoms. The fourth-order valence-electron chi connectivity index (χ4n) is 1.47. The van der Waals surface area contributed by atoms with Crippen LogP contribution in [0.1, 0.15) is 5.69 Å². The average Bonchev–Trinajstić information content (AvgIpc) is 2.67. The highest BCUT2D eigenvalue weighted by molar-refractivity contribution is 5.90. The lowest BCUT2D eigenvalue weighted by Crippen LogP contribution is -2.19. The largest absolute Gasteiger partial charge is 0.399 e. The third-order valence-corrected chi connectivity index (χ3v) is 2.27. The van der Waals surface area contributed by atoms with Gasteiger partial charge in [-0.1, -0.05) is 0 Å². The first-order valence-electron chi connectivity index (χ1n) is 5.29. The van der Waals surface area contributed by atoms with Gasteiger partial charge >= 0.3 is 0 Å². The molecule has 1 amide bonds. The molecule has 0 unspecified atom stereocenters. The number of amides is 1. The summed E-state index contributed by atoms with van der Waals surface area (Å²) < 4.78 is 1.60. The van der Waals surface area contributed by atoms with E-state index in [2.05, 4.69) is 10.4 Å². The molecule has 88 valence electrons. The number of anilines is 2. The number of nitrogens with one attached hydrogen (secondary N) is 1. The number of aromatic nitrogens is 2. The SMILES string of the molecule is Cc1ccn(CC(=O)Nc2ccc(N)cc2)n1. The maximum atomic E-state index is 11.7. The van der Waals surface area contributed by atoms with Gasteiger partial charge in [0.1, 0.15) is 6.54 Å². The quantitative estimate of drug-likeness (QED) is 0.783. The highest BCUT2D eigenvalue weighted by Gasteiger charge is 2.04. The Kier molecular flexibility index (Phi) is 3.09. The zero-order chi connectivity index (χ0) is 12.3. The highest BCUT2D eigenvalue weighted by Crippen LogP contribution is 2.10. The molecule has 0 saturated carbocycles. The van der Waals surface area contributed by atoms with Gasteiger partial charge in [-0.05, 0) is 37.3 Å². The van der Waals surface area contributed by atoms with E-state index < -0.39 is 0 Å². The summed E-state index contributed by atoms with van der Waals surface area (Å²) in [6.45, 7) is 2.09. The van der Waals surface area contributed by atoms with E-state index in [1.165, 1.54) is 0 Å². The number of aryl methyl sites for hydroxylation is 1. The van der Waals surface area contributed by atoms with Crippen molar-refractivity contribution in [3.63, 3.8) is 0 Å². The van der Waals surface area contributed by atoms with E-state index in [1.807, 2.05) is 13.0 Å². The predicted molar refractivity (Wildman–Crippen MR) is 66.4 cm³/mol. The summed E-state index contributed by atoms with van der Waals surface area (Å²) >= 11 is 0. The van der Waals surface area contributed by atoms with Gasteiger partial charge in [-0.3, -0.25) is 9.48 Å². The van der Waals surface area contributed by atoms with Gasteiger partial charge in [-0.15, -0.1) is 0 Å². The third kappa shape index (κ3) is 3.07. The molecule has 1 heterocycles. The molecule has 0 spiro atoms. The number of carbonyl (C=O) groups excluding carboxylic acids is 1. The number of nitrogen functional groups attached to an aromatic ring is 1. The Hall–Kier alpha value is -2.30. The van der Waals surface area contributed by atoms with Gasteiger partial charge in [0.15, 0.2) is 0 Å². The topological polar surface area (TPSA) is 72.9 Å². The van der Waals surface area contributed by atoms with E-state index in [0.717, 1.165) is 11.4 Å². The molecule has 1 aromatic heterocycles. The molecule has 0 saturated heterocycles. The molecule has 0 fully saturated rings. The number of carbonyl (C=O) groups is 1. The van der Waals surface area contributed by atoms with Gasteiger partial charge in [0, 0.05) is 17.6 Å². The molecule has 0 aliphatic rings. The van der Waals surface area contributed by atoms with Crippen molar-refractivity contribution >= 4 is 17.3 Å². The normalized spacial score (nSPS) is 10.2. The smallest absolute Gasteiger partial charge is 0.246 e. The minimum atomic E-state index is -0.113. The molecule has 0 atom stereocenters. The molecule has 2 aromatic rings. The summed E-state index contributed by atoms with van der Waals surface area (Å²) in [5, 5.41) is 6.91. The molecule has 0 aliphatic carbocycles.